The van der Waals surface area contributed by atoms with Crippen molar-refractivity contribution >= 4 is 11.0 Å². The Morgan fingerprint density at radius 1 is 0.938 bits per heavy atom. The van der Waals surface area contributed by atoms with Crippen LogP contribution in [0.5, 0.6) is 17.2 Å². The van der Waals surface area contributed by atoms with Gasteiger partial charge in [-0.15, -0.1) is 0 Å². The second-order valence-corrected chi connectivity index (χ2v) is 7.95. The van der Waals surface area contributed by atoms with Crippen molar-refractivity contribution in [3.05, 3.63) is 99.4 Å². The third kappa shape index (κ3) is 2.66. The molecule has 2 aliphatic rings. The second kappa shape index (κ2) is 6.87. The van der Waals surface area contributed by atoms with Crippen LogP contribution in [0.4, 0.5) is 0 Å². The zero-order valence-electron chi connectivity index (χ0n) is 17.6. The van der Waals surface area contributed by atoms with Crippen LogP contribution in [-0.2, 0) is 16.9 Å². The molecule has 3 heterocycles. The van der Waals surface area contributed by atoms with Crippen molar-refractivity contribution in [3.8, 4) is 17.2 Å². The quantitative estimate of drug-likeness (QED) is 0.440. The maximum absolute atomic E-state index is 13.1. The second-order valence-electron chi connectivity index (χ2n) is 7.95. The van der Waals surface area contributed by atoms with Gasteiger partial charge in [-0.1, -0.05) is 24.3 Å². The van der Waals surface area contributed by atoms with Gasteiger partial charge in [-0.25, -0.2) is 4.79 Å². The van der Waals surface area contributed by atoms with Gasteiger partial charge in [-0.05, 0) is 47.5 Å². The van der Waals surface area contributed by atoms with E-state index in [4.69, 9.17) is 23.4 Å². The molecule has 0 saturated heterocycles. The summed E-state index contributed by atoms with van der Waals surface area (Å²) in [7, 11) is 3.20. The van der Waals surface area contributed by atoms with Crippen LogP contribution in [0.2, 0.25) is 0 Å². The number of fused-ring (bicyclic) bond motifs is 8. The van der Waals surface area contributed by atoms with Gasteiger partial charge in [0.05, 0.1) is 19.6 Å². The fraction of sp³-hybridized carbons (Fsp3) is 0.192. The summed E-state index contributed by atoms with van der Waals surface area (Å²) in [6.45, 7) is 0. The normalized spacial score (nSPS) is 20.8. The number of hydrogen-bond acceptors (Lipinski definition) is 6. The highest BCUT2D eigenvalue weighted by atomic mass is 16.7. The number of benzene rings is 3. The van der Waals surface area contributed by atoms with Crippen molar-refractivity contribution < 1.29 is 23.4 Å². The Balaban J connectivity index is 1.63. The Labute approximate surface area is 183 Å². The molecule has 0 radical (unpaired) electrons. The summed E-state index contributed by atoms with van der Waals surface area (Å²) in [4.78, 5) is 13.1. The van der Waals surface area contributed by atoms with Crippen LogP contribution in [0.3, 0.4) is 0 Å². The van der Waals surface area contributed by atoms with Crippen molar-refractivity contribution in [1.29, 1.82) is 0 Å². The summed E-state index contributed by atoms with van der Waals surface area (Å²) >= 11 is 0. The summed E-state index contributed by atoms with van der Waals surface area (Å²) < 4.78 is 29.4. The molecule has 2 aliphatic heterocycles. The van der Waals surface area contributed by atoms with Crippen LogP contribution < -0.4 is 19.8 Å². The maximum Gasteiger partial charge on any atom is 0.346 e. The molecule has 0 spiro atoms. The van der Waals surface area contributed by atoms with Crippen LogP contribution in [0.1, 0.15) is 28.4 Å². The van der Waals surface area contributed by atoms with Crippen LogP contribution in [0, 0.1) is 0 Å². The fourth-order valence-corrected chi connectivity index (χ4v) is 4.64. The van der Waals surface area contributed by atoms with E-state index in [1.54, 1.807) is 20.3 Å². The molecule has 0 N–H and O–H groups in total. The highest BCUT2D eigenvalue weighted by molar-refractivity contribution is 5.86. The van der Waals surface area contributed by atoms with Gasteiger partial charge in [0.1, 0.15) is 34.5 Å². The summed E-state index contributed by atoms with van der Waals surface area (Å²) in [6, 6.07) is 21.0. The first-order chi connectivity index (χ1) is 15.6. The van der Waals surface area contributed by atoms with Crippen LogP contribution in [-0.4, -0.2) is 14.2 Å². The van der Waals surface area contributed by atoms with Gasteiger partial charge in [-0.2, -0.15) is 0 Å². The van der Waals surface area contributed by atoms with Gasteiger partial charge in [0.15, 0.2) is 0 Å². The van der Waals surface area contributed by atoms with E-state index in [0.717, 1.165) is 22.4 Å². The average Bonchev–Trinajstić information content (AvgIpc) is 2.83. The minimum absolute atomic E-state index is 0.374. The van der Waals surface area contributed by atoms with Crippen LogP contribution in [0.15, 0.2) is 75.9 Å². The summed E-state index contributed by atoms with van der Waals surface area (Å²) in [5, 5.41) is 0.700. The van der Waals surface area contributed by atoms with Gasteiger partial charge in [0.2, 0.25) is 5.79 Å². The van der Waals surface area contributed by atoms with Crippen molar-refractivity contribution in [1.82, 2.24) is 0 Å². The number of ether oxygens (including phenoxy) is 4. The van der Waals surface area contributed by atoms with E-state index in [9.17, 15) is 4.79 Å². The molecule has 1 aromatic heterocycles. The highest BCUT2D eigenvalue weighted by Crippen LogP contribution is 2.53. The molecule has 6 rings (SSSR count). The topological polar surface area (TPSA) is 67.1 Å². The molecule has 160 valence electrons. The largest absolute Gasteiger partial charge is 0.497 e. The fourth-order valence-electron chi connectivity index (χ4n) is 4.64. The standard InChI is InChI=1S/C26H20O6/c1-28-17-9-7-16(8-10-17)26-14-15-5-3-4-6-19(15)23(31-26)22-24(32-26)20-12-11-18(29-2)13-21(20)30-25(22)27/h3-13,23H,14H2,1-2H3/t23?,26-/m1/s1. The third-order valence-corrected chi connectivity index (χ3v) is 6.23. The van der Waals surface area contributed by atoms with Crippen molar-refractivity contribution in [2.24, 2.45) is 0 Å². The molecule has 0 saturated carbocycles. The SMILES string of the molecule is COc1ccc([C@]23Cc4ccccc4C(O2)c2c(c4ccc(OC)cc4oc2=O)O3)cc1. The van der Waals surface area contributed by atoms with Gasteiger partial charge >= 0.3 is 5.63 Å². The number of methoxy groups -OCH3 is 2. The first-order valence-corrected chi connectivity index (χ1v) is 10.4. The van der Waals surface area contributed by atoms with E-state index in [2.05, 4.69) is 0 Å². The lowest BCUT2D eigenvalue weighted by Crippen LogP contribution is -2.47. The average molecular weight is 428 g/mol. The lowest BCUT2D eigenvalue weighted by molar-refractivity contribution is -0.237. The molecule has 0 aliphatic carbocycles. The molecule has 0 amide bonds. The van der Waals surface area contributed by atoms with E-state index in [0.29, 0.717) is 34.5 Å². The Bertz CT molecular complexity index is 1400. The minimum Gasteiger partial charge on any atom is -0.497 e. The zero-order valence-corrected chi connectivity index (χ0v) is 17.6. The van der Waals surface area contributed by atoms with Crippen molar-refractivity contribution in [2.45, 2.75) is 18.3 Å². The Hall–Kier alpha value is -3.77. The summed E-state index contributed by atoms with van der Waals surface area (Å²) in [6.07, 6.45) is -0.0999. The molecule has 2 bridgehead atoms. The van der Waals surface area contributed by atoms with E-state index >= 15 is 0 Å². The maximum atomic E-state index is 13.1. The first kappa shape index (κ1) is 19.0. The molecule has 6 heteroatoms. The van der Waals surface area contributed by atoms with Crippen molar-refractivity contribution in [3.63, 3.8) is 0 Å². The van der Waals surface area contributed by atoms with Crippen LogP contribution in [0.25, 0.3) is 11.0 Å². The third-order valence-electron chi connectivity index (χ3n) is 6.23. The van der Waals surface area contributed by atoms with Gasteiger partial charge in [0, 0.05) is 18.1 Å². The van der Waals surface area contributed by atoms with E-state index < -0.39 is 17.5 Å². The van der Waals surface area contributed by atoms with Crippen molar-refractivity contribution in [2.75, 3.05) is 14.2 Å². The Morgan fingerprint density at radius 3 is 2.47 bits per heavy atom. The van der Waals surface area contributed by atoms with Gasteiger partial charge < -0.3 is 23.4 Å². The molecule has 6 nitrogen and oxygen atoms in total. The zero-order chi connectivity index (χ0) is 21.9. The lowest BCUT2D eigenvalue weighted by atomic mass is 9.84. The highest BCUT2D eigenvalue weighted by Gasteiger charge is 2.50. The minimum atomic E-state index is -1.08. The number of hydrogen-bond donors (Lipinski definition) is 0. The van der Waals surface area contributed by atoms with Gasteiger partial charge in [-0.3, -0.25) is 0 Å². The summed E-state index contributed by atoms with van der Waals surface area (Å²) in [5.41, 5.74) is 3.16. The van der Waals surface area contributed by atoms with Crippen LogP contribution >= 0.6 is 0 Å². The van der Waals surface area contributed by atoms with E-state index in [1.165, 1.54) is 0 Å². The molecule has 4 aromatic rings. The monoisotopic (exact) mass is 428 g/mol. The molecule has 32 heavy (non-hydrogen) atoms. The van der Waals surface area contributed by atoms with E-state index in [-0.39, 0.29) is 0 Å². The van der Waals surface area contributed by atoms with E-state index in [1.807, 2.05) is 60.7 Å². The number of rotatable bonds is 3. The van der Waals surface area contributed by atoms with Gasteiger partial charge in [0.25, 0.3) is 0 Å². The molecule has 1 unspecified atom stereocenters. The molecule has 3 aromatic carbocycles. The smallest absolute Gasteiger partial charge is 0.346 e. The lowest BCUT2D eigenvalue weighted by Gasteiger charge is -2.46. The molecular formula is C26H20O6. The molecule has 0 fully saturated rings. The summed E-state index contributed by atoms with van der Waals surface area (Å²) in [5.74, 6) is 0.745. The molecular weight excluding hydrogens is 408 g/mol. The Kier molecular flexibility index (Phi) is 4.07. The Morgan fingerprint density at radius 2 is 1.69 bits per heavy atom. The molecule has 2 atom stereocenters. The first-order valence-electron chi connectivity index (χ1n) is 10.4. The predicted molar refractivity (Wildman–Crippen MR) is 117 cm³/mol. The predicted octanol–water partition coefficient (Wildman–Crippen LogP) is 4.72.